The summed E-state index contributed by atoms with van der Waals surface area (Å²) >= 11 is 1.94. The summed E-state index contributed by atoms with van der Waals surface area (Å²) in [5.74, 6) is 1.48. The van der Waals surface area contributed by atoms with E-state index in [0.29, 0.717) is 5.92 Å². The van der Waals surface area contributed by atoms with Crippen LogP contribution in [0.5, 0.6) is 0 Å². The highest BCUT2D eigenvalue weighted by molar-refractivity contribution is 7.11. The Bertz CT molecular complexity index is 420. The highest BCUT2D eigenvalue weighted by atomic mass is 32.1. The second kappa shape index (κ2) is 8.25. The van der Waals surface area contributed by atoms with Gasteiger partial charge < -0.3 is 10.2 Å². The molecule has 0 radical (unpaired) electrons. The predicted octanol–water partition coefficient (Wildman–Crippen LogP) is 3.65. The van der Waals surface area contributed by atoms with E-state index in [1.165, 1.54) is 28.4 Å². The van der Waals surface area contributed by atoms with Crippen molar-refractivity contribution in [1.82, 2.24) is 15.2 Å². The van der Waals surface area contributed by atoms with Crippen LogP contribution in [0.15, 0.2) is 0 Å². The Morgan fingerprint density at radius 2 is 2.00 bits per heavy atom. The van der Waals surface area contributed by atoms with E-state index < -0.39 is 0 Å². The lowest BCUT2D eigenvalue weighted by Crippen LogP contribution is -2.25. The van der Waals surface area contributed by atoms with Crippen LogP contribution in [0.4, 0.5) is 0 Å². The second-order valence-electron chi connectivity index (χ2n) is 6.49. The van der Waals surface area contributed by atoms with Crippen molar-refractivity contribution in [3.05, 3.63) is 15.6 Å². The molecule has 0 aliphatic heterocycles. The van der Waals surface area contributed by atoms with Gasteiger partial charge in [0.1, 0.15) is 0 Å². The first kappa shape index (κ1) is 16.9. The maximum Gasteiger partial charge on any atom is 0.0944 e. The van der Waals surface area contributed by atoms with Crippen molar-refractivity contribution in [3.8, 4) is 0 Å². The van der Waals surface area contributed by atoms with Crippen molar-refractivity contribution in [1.29, 1.82) is 0 Å². The molecule has 120 valence electrons. The molecule has 2 rings (SSSR count). The number of hydrogen-bond acceptors (Lipinski definition) is 4. The Labute approximate surface area is 134 Å². The molecule has 21 heavy (non-hydrogen) atoms. The van der Waals surface area contributed by atoms with Crippen LogP contribution in [0.2, 0.25) is 0 Å². The highest BCUT2D eigenvalue weighted by Gasteiger charge is 2.29. The van der Waals surface area contributed by atoms with E-state index >= 15 is 0 Å². The summed E-state index contributed by atoms with van der Waals surface area (Å²) < 4.78 is 0. The summed E-state index contributed by atoms with van der Waals surface area (Å²) in [4.78, 5) is 8.94. The number of thiazole rings is 1. The predicted molar refractivity (Wildman–Crippen MR) is 92.1 cm³/mol. The summed E-state index contributed by atoms with van der Waals surface area (Å²) in [7, 11) is 0. The van der Waals surface area contributed by atoms with Crippen molar-refractivity contribution >= 4 is 11.3 Å². The Balaban J connectivity index is 1.92. The molecule has 1 heterocycles. The standard InChI is InChI=1S/C17H31N3S/c1-5-20(6-2)10-9-16-19-17(14-7-8-14)15(21-16)12-18-11-13(3)4/h13-14,18H,5-12H2,1-4H3. The molecule has 1 N–H and O–H groups in total. The van der Waals surface area contributed by atoms with Crippen LogP contribution in [-0.4, -0.2) is 36.1 Å². The highest BCUT2D eigenvalue weighted by Crippen LogP contribution is 2.42. The summed E-state index contributed by atoms with van der Waals surface area (Å²) in [6.07, 6.45) is 3.79. The van der Waals surface area contributed by atoms with Gasteiger partial charge in [-0.3, -0.25) is 0 Å². The van der Waals surface area contributed by atoms with E-state index in [1.807, 2.05) is 11.3 Å². The molecular weight excluding hydrogens is 278 g/mol. The van der Waals surface area contributed by atoms with E-state index in [1.54, 1.807) is 0 Å². The molecule has 1 aromatic heterocycles. The molecule has 0 atom stereocenters. The zero-order chi connectivity index (χ0) is 15.2. The molecule has 0 aromatic carbocycles. The van der Waals surface area contributed by atoms with Crippen LogP contribution in [0, 0.1) is 5.92 Å². The maximum atomic E-state index is 4.96. The molecule has 0 spiro atoms. The molecule has 0 saturated heterocycles. The molecule has 0 bridgehead atoms. The van der Waals surface area contributed by atoms with Crippen LogP contribution in [-0.2, 0) is 13.0 Å². The lowest BCUT2D eigenvalue weighted by atomic mass is 10.2. The average molecular weight is 310 g/mol. The molecule has 1 aromatic rings. The van der Waals surface area contributed by atoms with Gasteiger partial charge in [0.2, 0.25) is 0 Å². The molecule has 1 saturated carbocycles. The Morgan fingerprint density at radius 1 is 1.29 bits per heavy atom. The van der Waals surface area contributed by atoms with Gasteiger partial charge in [0, 0.05) is 30.3 Å². The third kappa shape index (κ3) is 5.35. The number of nitrogens with one attached hydrogen (secondary N) is 1. The number of likely N-dealkylation sites (N-methyl/N-ethyl adjacent to an activating group) is 1. The fraction of sp³-hybridized carbons (Fsp3) is 0.824. The van der Waals surface area contributed by atoms with Crippen molar-refractivity contribution in [2.24, 2.45) is 5.92 Å². The largest absolute Gasteiger partial charge is 0.312 e. The number of aromatic nitrogens is 1. The van der Waals surface area contributed by atoms with Gasteiger partial charge in [0.25, 0.3) is 0 Å². The van der Waals surface area contributed by atoms with Gasteiger partial charge in [0.05, 0.1) is 10.7 Å². The SMILES string of the molecule is CCN(CC)CCc1nc(C2CC2)c(CNCC(C)C)s1. The number of nitrogens with zero attached hydrogens (tertiary/aromatic N) is 2. The third-order valence-corrected chi connectivity index (χ3v) is 5.24. The van der Waals surface area contributed by atoms with Crippen LogP contribution >= 0.6 is 11.3 Å². The quantitative estimate of drug-likeness (QED) is 0.715. The van der Waals surface area contributed by atoms with E-state index in [0.717, 1.165) is 45.1 Å². The molecule has 0 unspecified atom stereocenters. The molecule has 1 fully saturated rings. The fourth-order valence-corrected chi connectivity index (χ4v) is 3.70. The minimum Gasteiger partial charge on any atom is -0.312 e. The van der Waals surface area contributed by atoms with Gasteiger partial charge in [-0.05, 0) is 38.4 Å². The molecule has 0 amide bonds. The number of rotatable bonds is 10. The van der Waals surface area contributed by atoms with Crippen molar-refractivity contribution < 1.29 is 0 Å². The topological polar surface area (TPSA) is 28.2 Å². The maximum absolute atomic E-state index is 4.96. The lowest BCUT2D eigenvalue weighted by molar-refractivity contribution is 0.308. The van der Waals surface area contributed by atoms with Crippen LogP contribution in [0.25, 0.3) is 0 Å². The number of hydrogen-bond donors (Lipinski definition) is 1. The Hall–Kier alpha value is -0.450. The normalized spacial score (nSPS) is 15.3. The Kier molecular flexibility index (Phi) is 6.65. The van der Waals surface area contributed by atoms with Crippen molar-refractivity contribution in [2.75, 3.05) is 26.2 Å². The van der Waals surface area contributed by atoms with Gasteiger partial charge in [-0.15, -0.1) is 11.3 Å². The molecule has 1 aliphatic rings. The first-order valence-electron chi connectivity index (χ1n) is 8.55. The molecular formula is C17H31N3S. The van der Waals surface area contributed by atoms with Crippen molar-refractivity contribution in [3.63, 3.8) is 0 Å². The summed E-state index contributed by atoms with van der Waals surface area (Å²) in [5, 5.41) is 4.92. The van der Waals surface area contributed by atoms with Gasteiger partial charge in [-0.1, -0.05) is 27.7 Å². The molecule has 3 nitrogen and oxygen atoms in total. The van der Waals surface area contributed by atoms with Crippen LogP contribution in [0.3, 0.4) is 0 Å². The van der Waals surface area contributed by atoms with Gasteiger partial charge >= 0.3 is 0 Å². The lowest BCUT2D eigenvalue weighted by Gasteiger charge is -2.16. The van der Waals surface area contributed by atoms with Gasteiger partial charge in [-0.2, -0.15) is 0 Å². The van der Waals surface area contributed by atoms with Gasteiger partial charge in [0.15, 0.2) is 0 Å². The fourth-order valence-electron chi connectivity index (χ4n) is 2.59. The van der Waals surface area contributed by atoms with E-state index in [-0.39, 0.29) is 0 Å². The summed E-state index contributed by atoms with van der Waals surface area (Å²) in [5.41, 5.74) is 1.41. The first-order valence-corrected chi connectivity index (χ1v) is 9.37. The minimum atomic E-state index is 0.712. The summed E-state index contributed by atoms with van der Waals surface area (Å²) in [6, 6.07) is 0. The zero-order valence-corrected chi connectivity index (χ0v) is 14.9. The molecule has 4 heteroatoms. The minimum absolute atomic E-state index is 0.712. The monoisotopic (exact) mass is 309 g/mol. The molecule has 1 aliphatic carbocycles. The first-order chi connectivity index (χ1) is 10.1. The third-order valence-electron chi connectivity index (χ3n) is 4.11. The smallest absolute Gasteiger partial charge is 0.0944 e. The van der Waals surface area contributed by atoms with Crippen LogP contribution < -0.4 is 5.32 Å². The van der Waals surface area contributed by atoms with E-state index in [2.05, 4.69) is 37.9 Å². The van der Waals surface area contributed by atoms with E-state index in [4.69, 9.17) is 4.98 Å². The van der Waals surface area contributed by atoms with E-state index in [9.17, 15) is 0 Å². The Morgan fingerprint density at radius 3 is 2.57 bits per heavy atom. The van der Waals surface area contributed by atoms with Crippen LogP contribution in [0.1, 0.15) is 62.0 Å². The van der Waals surface area contributed by atoms with Crippen molar-refractivity contribution in [2.45, 2.75) is 59.4 Å². The average Bonchev–Trinajstić information content (AvgIpc) is 3.22. The summed E-state index contributed by atoms with van der Waals surface area (Å²) in [6.45, 7) is 14.5. The zero-order valence-electron chi connectivity index (χ0n) is 14.1. The van der Waals surface area contributed by atoms with Gasteiger partial charge in [-0.25, -0.2) is 4.98 Å². The second-order valence-corrected chi connectivity index (χ2v) is 7.66.